The summed E-state index contributed by atoms with van der Waals surface area (Å²) in [4.78, 5) is 12.2. The Kier molecular flexibility index (Phi) is 3.59. The number of fused-ring (bicyclic) bond motifs is 1. The Morgan fingerprint density at radius 1 is 1.10 bits per heavy atom. The molecule has 0 atom stereocenters. The average Bonchev–Trinajstić information content (AvgIpc) is 2.52. The first-order valence-corrected chi connectivity index (χ1v) is 6.56. The van der Waals surface area contributed by atoms with Crippen LogP contribution in [-0.2, 0) is 6.54 Å². The largest absolute Gasteiger partial charge is 0.383 e. The molecule has 0 aliphatic carbocycles. The maximum absolute atomic E-state index is 12.8. The minimum Gasteiger partial charge on any atom is -0.383 e. The van der Waals surface area contributed by atoms with Gasteiger partial charge < -0.3 is 5.32 Å². The van der Waals surface area contributed by atoms with Gasteiger partial charge in [-0.05, 0) is 36.4 Å². The second-order valence-corrected chi connectivity index (χ2v) is 4.57. The van der Waals surface area contributed by atoms with Crippen molar-refractivity contribution in [2.75, 3.05) is 11.9 Å². The van der Waals surface area contributed by atoms with Gasteiger partial charge >= 0.3 is 0 Å². The molecule has 0 radical (unpaired) electrons. The predicted molar refractivity (Wildman–Crippen MR) is 78.7 cm³/mol. The Hall–Kier alpha value is -2.76. The molecule has 0 aliphatic heterocycles. The summed E-state index contributed by atoms with van der Waals surface area (Å²) in [7, 11) is 0. The summed E-state index contributed by atoms with van der Waals surface area (Å²) < 4.78 is 14.1. The first-order valence-electron chi connectivity index (χ1n) is 6.56. The van der Waals surface area contributed by atoms with Crippen molar-refractivity contribution in [1.29, 1.82) is 0 Å². The molecule has 0 amide bonds. The Labute approximate surface area is 120 Å². The number of halogens is 1. The minimum absolute atomic E-state index is 0.165. The van der Waals surface area contributed by atoms with Crippen LogP contribution in [0.25, 0.3) is 10.9 Å². The maximum Gasteiger partial charge on any atom is 0.277 e. The molecule has 0 unspecified atom stereocenters. The van der Waals surface area contributed by atoms with Gasteiger partial charge in [0.25, 0.3) is 5.56 Å². The third-order valence-electron chi connectivity index (χ3n) is 3.13. The van der Waals surface area contributed by atoms with E-state index < -0.39 is 0 Å². The van der Waals surface area contributed by atoms with E-state index in [4.69, 9.17) is 0 Å². The van der Waals surface area contributed by atoms with Gasteiger partial charge in [-0.2, -0.15) is 0 Å². The average molecular weight is 284 g/mol. The molecule has 106 valence electrons. The van der Waals surface area contributed by atoms with E-state index in [2.05, 4.69) is 15.6 Å². The van der Waals surface area contributed by atoms with E-state index in [0.717, 1.165) is 5.69 Å². The molecule has 0 spiro atoms. The van der Waals surface area contributed by atoms with Crippen LogP contribution in [0.4, 0.5) is 10.1 Å². The second kappa shape index (κ2) is 5.70. The number of rotatable bonds is 4. The molecule has 3 rings (SSSR count). The highest BCUT2D eigenvalue weighted by molar-refractivity contribution is 5.76. The van der Waals surface area contributed by atoms with Gasteiger partial charge in [0.05, 0.1) is 11.9 Å². The molecule has 0 fully saturated rings. The zero-order valence-corrected chi connectivity index (χ0v) is 11.2. The summed E-state index contributed by atoms with van der Waals surface area (Å²) in [5.74, 6) is -0.280. The van der Waals surface area contributed by atoms with E-state index in [1.165, 1.54) is 16.8 Å². The van der Waals surface area contributed by atoms with Crippen LogP contribution >= 0.6 is 0 Å². The fourth-order valence-electron chi connectivity index (χ4n) is 2.04. The van der Waals surface area contributed by atoms with Gasteiger partial charge in [-0.15, -0.1) is 5.10 Å². The Balaban J connectivity index is 1.72. The van der Waals surface area contributed by atoms with Gasteiger partial charge in [0, 0.05) is 12.2 Å². The number of aromatic nitrogens is 3. The van der Waals surface area contributed by atoms with Crippen molar-refractivity contribution >= 4 is 16.6 Å². The third kappa shape index (κ3) is 2.89. The number of hydrogen-bond acceptors (Lipinski definition) is 4. The van der Waals surface area contributed by atoms with Crippen LogP contribution in [0.3, 0.4) is 0 Å². The highest BCUT2D eigenvalue weighted by atomic mass is 19.1. The normalized spacial score (nSPS) is 10.7. The summed E-state index contributed by atoms with van der Waals surface area (Å²) in [6.45, 7) is 0.882. The van der Waals surface area contributed by atoms with E-state index in [1.807, 2.05) is 6.07 Å². The van der Waals surface area contributed by atoms with Crippen molar-refractivity contribution in [3.05, 3.63) is 64.7 Å². The van der Waals surface area contributed by atoms with Gasteiger partial charge in [-0.3, -0.25) is 4.79 Å². The Morgan fingerprint density at radius 2 is 1.86 bits per heavy atom. The molecular weight excluding hydrogens is 271 g/mol. The summed E-state index contributed by atoms with van der Waals surface area (Å²) in [6.07, 6.45) is 0. The van der Waals surface area contributed by atoms with Crippen LogP contribution in [0.2, 0.25) is 0 Å². The third-order valence-corrected chi connectivity index (χ3v) is 3.13. The highest BCUT2D eigenvalue weighted by Gasteiger charge is 2.04. The highest BCUT2D eigenvalue weighted by Crippen LogP contribution is 2.07. The molecule has 5 nitrogen and oxygen atoms in total. The van der Waals surface area contributed by atoms with E-state index in [9.17, 15) is 9.18 Å². The molecule has 0 saturated carbocycles. The van der Waals surface area contributed by atoms with Gasteiger partial charge in [0.2, 0.25) is 0 Å². The molecular formula is C15H13FN4O. The van der Waals surface area contributed by atoms with Gasteiger partial charge in [-0.1, -0.05) is 17.3 Å². The van der Waals surface area contributed by atoms with Crippen molar-refractivity contribution < 1.29 is 4.39 Å². The van der Waals surface area contributed by atoms with Crippen LogP contribution < -0.4 is 10.9 Å². The molecule has 1 N–H and O–H groups in total. The monoisotopic (exact) mass is 284 g/mol. The van der Waals surface area contributed by atoms with E-state index in [-0.39, 0.29) is 11.4 Å². The summed E-state index contributed by atoms with van der Waals surface area (Å²) >= 11 is 0. The van der Waals surface area contributed by atoms with Crippen molar-refractivity contribution in [2.45, 2.75) is 6.54 Å². The fraction of sp³-hybridized carbons (Fsp3) is 0.133. The lowest BCUT2D eigenvalue weighted by Gasteiger charge is -2.07. The predicted octanol–water partition coefficient (Wildman–Crippen LogP) is 2.04. The molecule has 1 heterocycles. The number of nitrogens with zero attached hydrogens (tertiary/aromatic N) is 3. The first-order chi connectivity index (χ1) is 10.2. The lowest BCUT2D eigenvalue weighted by molar-refractivity contribution is 0.566. The minimum atomic E-state index is -0.280. The summed E-state index contributed by atoms with van der Waals surface area (Å²) in [5.41, 5.74) is 1.21. The van der Waals surface area contributed by atoms with E-state index in [0.29, 0.717) is 24.0 Å². The molecule has 0 aliphatic rings. The van der Waals surface area contributed by atoms with E-state index in [1.54, 1.807) is 30.3 Å². The molecule has 1 aromatic heterocycles. The van der Waals surface area contributed by atoms with Gasteiger partial charge in [0.1, 0.15) is 11.3 Å². The molecule has 21 heavy (non-hydrogen) atoms. The molecule has 3 aromatic rings. The van der Waals surface area contributed by atoms with Crippen molar-refractivity contribution in [2.24, 2.45) is 0 Å². The molecule has 2 aromatic carbocycles. The smallest absolute Gasteiger partial charge is 0.277 e. The SMILES string of the molecule is O=c1c2ccccc2nnn1CCNc1ccc(F)cc1. The van der Waals surface area contributed by atoms with Crippen LogP contribution in [0.5, 0.6) is 0 Å². The number of benzene rings is 2. The van der Waals surface area contributed by atoms with Gasteiger partial charge in [-0.25, -0.2) is 9.07 Å². The summed E-state index contributed by atoms with van der Waals surface area (Å²) in [6, 6.07) is 13.1. The number of hydrogen-bond donors (Lipinski definition) is 1. The second-order valence-electron chi connectivity index (χ2n) is 4.57. The zero-order valence-electron chi connectivity index (χ0n) is 11.2. The molecule has 0 bridgehead atoms. The van der Waals surface area contributed by atoms with Crippen LogP contribution in [-0.4, -0.2) is 21.5 Å². The van der Waals surface area contributed by atoms with Crippen LogP contribution in [0.15, 0.2) is 53.3 Å². The standard InChI is InChI=1S/C15H13FN4O/c16-11-5-7-12(8-6-11)17-9-10-20-15(21)13-3-1-2-4-14(13)18-19-20/h1-8,17H,9-10H2. The van der Waals surface area contributed by atoms with Crippen molar-refractivity contribution in [3.8, 4) is 0 Å². The lowest BCUT2D eigenvalue weighted by Crippen LogP contribution is -2.27. The van der Waals surface area contributed by atoms with Crippen molar-refractivity contribution in [3.63, 3.8) is 0 Å². The first kappa shape index (κ1) is 13.2. The van der Waals surface area contributed by atoms with E-state index >= 15 is 0 Å². The Bertz CT molecular complexity index is 814. The number of anilines is 1. The lowest BCUT2D eigenvalue weighted by atomic mass is 10.2. The topological polar surface area (TPSA) is 59.8 Å². The Morgan fingerprint density at radius 3 is 2.67 bits per heavy atom. The molecule has 0 saturated heterocycles. The fourth-order valence-corrected chi connectivity index (χ4v) is 2.04. The molecule has 6 heteroatoms. The zero-order chi connectivity index (χ0) is 14.7. The van der Waals surface area contributed by atoms with Crippen LogP contribution in [0, 0.1) is 5.82 Å². The quantitative estimate of drug-likeness (QED) is 0.796. The van der Waals surface area contributed by atoms with Crippen LogP contribution in [0.1, 0.15) is 0 Å². The van der Waals surface area contributed by atoms with Crippen molar-refractivity contribution in [1.82, 2.24) is 15.0 Å². The summed E-state index contributed by atoms with van der Waals surface area (Å²) in [5, 5.41) is 11.6. The van der Waals surface area contributed by atoms with Gasteiger partial charge in [0.15, 0.2) is 0 Å². The number of nitrogens with one attached hydrogen (secondary N) is 1. The maximum atomic E-state index is 12.8.